The van der Waals surface area contributed by atoms with Gasteiger partial charge in [-0.05, 0) is 40.7 Å². The number of carbonyl (C=O) groups is 1. The van der Waals surface area contributed by atoms with Crippen molar-refractivity contribution in [1.29, 1.82) is 0 Å². The second-order valence-corrected chi connectivity index (χ2v) is 5.93. The van der Waals surface area contributed by atoms with Crippen LogP contribution in [0.3, 0.4) is 0 Å². The van der Waals surface area contributed by atoms with Crippen molar-refractivity contribution in [3.8, 4) is 0 Å². The summed E-state index contributed by atoms with van der Waals surface area (Å²) in [6.45, 7) is 9.22. The predicted octanol–water partition coefficient (Wildman–Crippen LogP) is 3.16. The van der Waals surface area contributed by atoms with Gasteiger partial charge in [-0.15, -0.1) is 0 Å². The van der Waals surface area contributed by atoms with Crippen LogP contribution in [0.1, 0.15) is 40.2 Å². The summed E-state index contributed by atoms with van der Waals surface area (Å²) < 4.78 is 13.7. The first-order valence-corrected chi connectivity index (χ1v) is 5.97. The molecular weight excluding hydrogens is 231 g/mol. The van der Waals surface area contributed by atoms with Crippen molar-refractivity contribution in [3.63, 3.8) is 0 Å². The fourth-order valence-corrected chi connectivity index (χ4v) is 1.69. The van der Waals surface area contributed by atoms with Crippen molar-refractivity contribution in [1.82, 2.24) is 10.6 Å². The van der Waals surface area contributed by atoms with Crippen LogP contribution in [0.15, 0.2) is 24.3 Å². The van der Waals surface area contributed by atoms with Gasteiger partial charge in [0.25, 0.3) is 0 Å². The average Bonchev–Trinajstić information content (AvgIpc) is 2.13. The maximum Gasteiger partial charge on any atom is 0.315 e. The molecule has 0 spiro atoms. The summed E-state index contributed by atoms with van der Waals surface area (Å²) in [4.78, 5) is 11.8. The molecule has 0 aliphatic heterocycles. The lowest BCUT2D eigenvalue weighted by Gasteiger charge is -2.30. The Morgan fingerprint density at radius 2 is 1.61 bits per heavy atom. The molecule has 0 unspecified atom stereocenters. The molecule has 3 nitrogen and oxygen atoms in total. The van der Waals surface area contributed by atoms with Gasteiger partial charge in [0.1, 0.15) is 5.82 Å². The highest BCUT2D eigenvalue weighted by molar-refractivity contribution is 5.75. The van der Waals surface area contributed by atoms with Crippen LogP contribution in [0.25, 0.3) is 0 Å². The van der Waals surface area contributed by atoms with Crippen molar-refractivity contribution >= 4 is 6.03 Å². The predicted molar refractivity (Wildman–Crippen MR) is 70.8 cm³/mol. The number of urea groups is 1. The Balaban J connectivity index is 2.83. The summed E-state index contributed by atoms with van der Waals surface area (Å²) in [6, 6.07) is 6.14. The van der Waals surface area contributed by atoms with E-state index in [1.807, 2.05) is 20.8 Å². The van der Waals surface area contributed by atoms with Crippen molar-refractivity contribution in [2.75, 3.05) is 0 Å². The van der Waals surface area contributed by atoms with E-state index < -0.39 is 5.54 Å². The number of nitrogens with one attached hydrogen (secondary N) is 2. The lowest BCUT2D eigenvalue weighted by Crippen LogP contribution is -2.52. The van der Waals surface area contributed by atoms with E-state index in [2.05, 4.69) is 10.6 Å². The minimum Gasteiger partial charge on any atom is -0.334 e. The van der Waals surface area contributed by atoms with E-state index in [0.717, 1.165) is 0 Å². The van der Waals surface area contributed by atoms with Gasteiger partial charge in [-0.2, -0.15) is 0 Å². The highest BCUT2D eigenvalue weighted by Gasteiger charge is 2.27. The van der Waals surface area contributed by atoms with Gasteiger partial charge in [0.15, 0.2) is 0 Å². The Morgan fingerprint density at radius 3 is 2.11 bits per heavy atom. The molecule has 0 aliphatic carbocycles. The van der Waals surface area contributed by atoms with E-state index in [-0.39, 0.29) is 17.4 Å². The quantitative estimate of drug-likeness (QED) is 0.834. The third kappa shape index (κ3) is 4.02. The summed E-state index contributed by atoms with van der Waals surface area (Å²) in [5, 5.41) is 5.57. The van der Waals surface area contributed by atoms with Gasteiger partial charge in [-0.1, -0.05) is 18.2 Å². The molecule has 0 aliphatic rings. The second-order valence-electron chi connectivity index (χ2n) is 5.93. The van der Waals surface area contributed by atoms with Crippen LogP contribution in [-0.2, 0) is 5.54 Å². The molecule has 1 rings (SSSR count). The molecule has 0 fully saturated rings. The molecule has 1 aromatic carbocycles. The fraction of sp³-hybridized carbons (Fsp3) is 0.500. The van der Waals surface area contributed by atoms with Crippen LogP contribution >= 0.6 is 0 Å². The molecule has 0 bridgehead atoms. The number of benzene rings is 1. The topological polar surface area (TPSA) is 41.1 Å². The van der Waals surface area contributed by atoms with E-state index in [4.69, 9.17) is 0 Å². The summed E-state index contributed by atoms with van der Waals surface area (Å²) in [6.07, 6.45) is 0. The highest BCUT2D eigenvalue weighted by Crippen LogP contribution is 2.22. The number of hydrogen-bond acceptors (Lipinski definition) is 1. The first kappa shape index (κ1) is 14.5. The Labute approximate surface area is 108 Å². The van der Waals surface area contributed by atoms with Gasteiger partial charge in [-0.3, -0.25) is 0 Å². The van der Waals surface area contributed by atoms with Gasteiger partial charge < -0.3 is 10.6 Å². The molecule has 2 amide bonds. The normalized spacial score (nSPS) is 12.1. The van der Waals surface area contributed by atoms with Crippen molar-refractivity contribution < 1.29 is 9.18 Å². The Morgan fingerprint density at radius 1 is 1.06 bits per heavy atom. The molecule has 0 radical (unpaired) electrons. The third-order valence-electron chi connectivity index (χ3n) is 2.46. The summed E-state index contributed by atoms with van der Waals surface area (Å²) >= 11 is 0. The number of amides is 2. The zero-order valence-electron chi connectivity index (χ0n) is 11.6. The van der Waals surface area contributed by atoms with E-state index in [9.17, 15) is 9.18 Å². The van der Waals surface area contributed by atoms with Crippen LogP contribution in [-0.4, -0.2) is 11.6 Å². The summed E-state index contributed by atoms with van der Waals surface area (Å²) in [7, 11) is 0. The van der Waals surface area contributed by atoms with E-state index >= 15 is 0 Å². The minimum absolute atomic E-state index is 0.309. The summed E-state index contributed by atoms with van der Waals surface area (Å²) in [5.41, 5.74) is -0.621. The largest absolute Gasteiger partial charge is 0.334 e. The number of hydrogen-bond donors (Lipinski definition) is 2. The second kappa shape index (κ2) is 4.96. The number of carbonyl (C=O) groups excluding carboxylic acids is 1. The van der Waals surface area contributed by atoms with Gasteiger partial charge in [0, 0.05) is 11.1 Å². The average molecular weight is 252 g/mol. The fourth-order valence-electron chi connectivity index (χ4n) is 1.69. The summed E-state index contributed by atoms with van der Waals surface area (Å²) in [5.74, 6) is -0.321. The minimum atomic E-state index is -0.763. The maximum atomic E-state index is 13.7. The van der Waals surface area contributed by atoms with E-state index in [0.29, 0.717) is 5.56 Å². The third-order valence-corrected chi connectivity index (χ3v) is 2.46. The molecule has 4 heteroatoms. The van der Waals surface area contributed by atoms with Crippen LogP contribution in [0.5, 0.6) is 0 Å². The van der Waals surface area contributed by atoms with E-state index in [1.54, 1.807) is 32.0 Å². The molecule has 0 saturated heterocycles. The molecule has 18 heavy (non-hydrogen) atoms. The Kier molecular flexibility index (Phi) is 3.99. The Bertz CT molecular complexity index is 436. The number of rotatable bonds is 2. The monoisotopic (exact) mass is 252 g/mol. The molecule has 0 saturated carbocycles. The van der Waals surface area contributed by atoms with Gasteiger partial charge in [0.05, 0.1) is 5.54 Å². The molecule has 0 heterocycles. The van der Waals surface area contributed by atoms with Crippen LogP contribution < -0.4 is 10.6 Å². The van der Waals surface area contributed by atoms with Crippen molar-refractivity contribution in [2.24, 2.45) is 0 Å². The lowest BCUT2D eigenvalue weighted by atomic mass is 9.94. The molecule has 1 aromatic rings. The highest BCUT2D eigenvalue weighted by atomic mass is 19.1. The zero-order valence-corrected chi connectivity index (χ0v) is 11.6. The van der Waals surface area contributed by atoms with Crippen molar-refractivity contribution in [2.45, 2.75) is 45.7 Å². The lowest BCUT2D eigenvalue weighted by molar-refractivity contribution is 0.220. The molecule has 0 aromatic heterocycles. The molecular formula is C14H21FN2O. The first-order chi connectivity index (χ1) is 8.12. The van der Waals surface area contributed by atoms with Crippen LogP contribution in [0.2, 0.25) is 0 Å². The van der Waals surface area contributed by atoms with Gasteiger partial charge in [0.2, 0.25) is 0 Å². The molecule has 100 valence electrons. The zero-order chi connectivity index (χ0) is 14.0. The molecule has 2 N–H and O–H groups in total. The van der Waals surface area contributed by atoms with Crippen molar-refractivity contribution in [3.05, 3.63) is 35.6 Å². The van der Waals surface area contributed by atoms with Crippen LogP contribution in [0, 0.1) is 5.82 Å². The Hall–Kier alpha value is -1.58. The smallest absolute Gasteiger partial charge is 0.315 e. The maximum absolute atomic E-state index is 13.7. The van der Waals surface area contributed by atoms with Gasteiger partial charge in [-0.25, -0.2) is 9.18 Å². The standard InChI is InChI=1S/C14H21FN2O/c1-13(2,3)16-12(18)17-14(4,5)10-8-6-7-9-11(10)15/h6-9H,1-5H3,(H2,16,17,18). The van der Waals surface area contributed by atoms with E-state index in [1.165, 1.54) is 6.07 Å². The first-order valence-electron chi connectivity index (χ1n) is 5.97. The van der Waals surface area contributed by atoms with Crippen LogP contribution in [0.4, 0.5) is 9.18 Å². The van der Waals surface area contributed by atoms with Gasteiger partial charge >= 0.3 is 6.03 Å². The SMILES string of the molecule is CC(C)(C)NC(=O)NC(C)(C)c1ccccc1F. The molecule has 0 atom stereocenters. The number of halogens is 1.